The highest BCUT2D eigenvalue weighted by Crippen LogP contribution is 2.40. The molecule has 0 radical (unpaired) electrons. The van der Waals surface area contributed by atoms with E-state index in [1.807, 2.05) is 30.1 Å². The van der Waals surface area contributed by atoms with Gasteiger partial charge in [0.1, 0.15) is 11.4 Å². The van der Waals surface area contributed by atoms with Gasteiger partial charge >= 0.3 is 0 Å². The van der Waals surface area contributed by atoms with Crippen LogP contribution in [0.25, 0.3) is 10.9 Å². The fourth-order valence-corrected chi connectivity index (χ4v) is 7.20. The highest BCUT2D eigenvalue weighted by Gasteiger charge is 2.46. The van der Waals surface area contributed by atoms with Crippen LogP contribution >= 0.6 is 11.6 Å². The molecule has 230 valence electrons. The number of rotatable bonds is 7. The third-order valence-corrected chi connectivity index (χ3v) is 10.2. The number of piperidine rings is 1. The maximum Gasteiger partial charge on any atom is 0.259 e. The van der Waals surface area contributed by atoms with Crippen molar-refractivity contribution in [2.75, 3.05) is 47.0 Å². The summed E-state index contributed by atoms with van der Waals surface area (Å²) in [6.45, 7) is 5.82. The molecule has 10 heteroatoms. The molecular formula is C33H40ClFN4O4. The van der Waals surface area contributed by atoms with Crippen molar-refractivity contribution in [3.05, 3.63) is 64.4 Å². The number of fused-ring (bicyclic) bond motifs is 1. The van der Waals surface area contributed by atoms with E-state index in [1.54, 1.807) is 19.2 Å². The Labute approximate surface area is 257 Å². The van der Waals surface area contributed by atoms with E-state index in [9.17, 15) is 14.0 Å². The Morgan fingerprint density at radius 2 is 1.81 bits per heavy atom. The van der Waals surface area contributed by atoms with E-state index in [4.69, 9.17) is 21.1 Å². The van der Waals surface area contributed by atoms with E-state index in [0.29, 0.717) is 48.3 Å². The molecule has 43 heavy (non-hydrogen) atoms. The summed E-state index contributed by atoms with van der Waals surface area (Å²) >= 11 is 6.44. The number of hydrogen-bond donors (Lipinski definition) is 1. The molecule has 3 aromatic rings. The van der Waals surface area contributed by atoms with Crippen LogP contribution in [0.5, 0.6) is 5.88 Å². The van der Waals surface area contributed by atoms with E-state index in [1.165, 1.54) is 12.1 Å². The van der Waals surface area contributed by atoms with Crippen LogP contribution in [0.3, 0.4) is 0 Å². The molecule has 2 aromatic carbocycles. The molecule has 1 N–H and O–H groups in total. The minimum Gasteiger partial charge on any atom is -0.482 e. The summed E-state index contributed by atoms with van der Waals surface area (Å²) in [5.74, 6) is 0.402. The van der Waals surface area contributed by atoms with Gasteiger partial charge in [0.25, 0.3) is 5.91 Å². The second-order valence-electron chi connectivity index (χ2n) is 12.4. The number of carbonyl (C=O) groups excluding carboxylic acids is 2. The number of likely N-dealkylation sites (tertiary alicyclic amines) is 2. The van der Waals surface area contributed by atoms with Crippen molar-refractivity contribution in [1.82, 2.24) is 19.7 Å². The van der Waals surface area contributed by atoms with Crippen molar-refractivity contribution < 1.29 is 23.5 Å². The first-order chi connectivity index (χ1) is 20.7. The topological polar surface area (TPSA) is 76.0 Å². The highest BCUT2D eigenvalue weighted by molar-refractivity contribution is 6.31. The summed E-state index contributed by atoms with van der Waals surface area (Å²) < 4.78 is 27.5. The minimum atomic E-state index is -0.858. The number of nitrogens with one attached hydrogen (secondary N) is 1. The number of benzene rings is 2. The van der Waals surface area contributed by atoms with Crippen LogP contribution in [0, 0.1) is 11.7 Å². The molecule has 4 heterocycles. The summed E-state index contributed by atoms with van der Waals surface area (Å²) in [5, 5.41) is 4.57. The van der Waals surface area contributed by atoms with Crippen molar-refractivity contribution in [1.29, 1.82) is 0 Å². The third-order valence-electron chi connectivity index (χ3n) is 9.98. The first-order valence-corrected chi connectivity index (χ1v) is 15.6. The molecule has 2 atom stereocenters. The molecule has 6 rings (SSSR count). The lowest BCUT2D eigenvalue weighted by Crippen LogP contribution is -2.66. The number of carbonyl (C=O) groups is 2. The Balaban J connectivity index is 1.29. The lowest BCUT2D eigenvalue weighted by molar-refractivity contribution is -0.131. The van der Waals surface area contributed by atoms with Gasteiger partial charge in [-0.25, -0.2) is 4.39 Å². The van der Waals surface area contributed by atoms with Crippen LogP contribution in [0.1, 0.15) is 48.5 Å². The number of ether oxygens (including phenoxy) is 2. The van der Waals surface area contributed by atoms with Crippen LogP contribution in [-0.2, 0) is 21.5 Å². The second-order valence-corrected chi connectivity index (χ2v) is 12.8. The summed E-state index contributed by atoms with van der Waals surface area (Å²) in [6.07, 6.45) is 2.76. The Kier molecular flexibility index (Phi) is 8.41. The monoisotopic (exact) mass is 610 g/mol. The average molecular weight is 611 g/mol. The van der Waals surface area contributed by atoms with Gasteiger partial charge in [-0.2, -0.15) is 0 Å². The minimum absolute atomic E-state index is 0.0605. The van der Waals surface area contributed by atoms with Crippen molar-refractivity contribution in [3.63, 3.8) is 0 Å². The van der Waals surface area contributed by atoms with Crippen LogP contribution in [-0.4, -0.2) is 85.3 Å². The number of amides is 2. The highest BCUT2D eigenvalue weighted by atomic mass is 35.5. The normalized spacial score (nSPS) is 22.8. The molecular weight excluding hydrogens is 571 g/mol. The Morgan fingerprint density at radius 3 is 2.44 bits per heavy atom. The molecule has 2 amide bonds. The van der Waals surface area contributed by atoms with E-state index in [2.05, 4.69) is 21.7 Å². The van der Waals surface area contributed by atoms with E-state index < -0.39 is 5.41 Å². The largest absolute Gasteiger partial charge is 0.482 e. The molecule has 0 bridgehead atoms. The fourth-order valence-electron chi connectivity index (χ4n) is 7.03. The number of nitrogens with zero attached hydrogens (tertiary/aromatic N) is 3. The molecule has 3 aliphatic rings. The molecule has 0 spiro atoms. The van der Waals surface area contributed by atoms with Crippen molar-refractivity contribution >= 4 is 34.3 Å². The maximum atomic E-state index is 14.3. The smallest absolute Gasteiger partial charge is 0.259 e. The number of hydrogen-bond acceptors (Lipinski definition) is 5. The SMILES string of the molecule is COc1c(C(=O)N2CCC(C(=O)N[C@H]3CN(C)[C@H]3C)(c3ccc(F)cc3)CC2)c2cc(Cl)ccc2n1CC1CCOCC1. The van der Waals surface area contributed by atoms with Crippen molar-refractivity contribution in [2.24, 2.45) is 5.92 Å². The molecule has 0 aliphatic carbocycles. The van der Waals surface area contributed by atoms with Gasteiger partial charge in [0.05, 0.1) is 24.1 Å². The molecule has 1 aromatic heterocycles. The first kappa shape index (κ1) is 29.9. The standard InChI is InChI=1S/C33H40ClFN4O4/c1-21-27(20-37(21)2)36-32(41)33(23-4-7-25(35)8-5-23)12-14-38(15-13-33)30(40)29-26-18-24(34)6-9-28(26)39(31(29)42-3)19-22-10-16-43-17-11-22/h4-9,18,21-22,27H,10-17,19-20H2,1-3H3,(H,36,41)/t21-,27-/m0/s1. The zero-order chi connectivity index (χ0) is 30.3. The molecule has 8 nitrogen and oxygen atoms in total. The summed E-state index contributed by atoms with van der Waals surface area (Å²) in [4.78, 5) is 32.2. The van der Waals surface area contributed by atoms with Gasteiger partial charge in [0, 0.05) is 55.8 Å². The summed E-state index contributed by atoms with van der Waals surface area (Å²) in [7, 11) is 3.64. The third kappa shape index (κ3) is 5.51. The second kappa shape index (κ2) is 12.1. The average Bonchev–Trinajstić information content (AvgIpc) is 3.33. The lowest BCUT2D eigenvalue weighted by atomic mass is 9.71. The number of aromatic nitrogens is 1. The zero-order valence-electron chi connectivity index (χ0n) is 25.1. The van der Waals surface area contributed by atoms with Gasteiger partial charge in [-0.15, -0.1) is 0 Å². The summed E-state index contributed by atoms with van der Waals surface area (Å²) in [5.41, 5.74) is 1.32. The van der Waals surface area contributed by atoms with E-state index >= 15 is 0 Å². The number of halogens is 2. The zero-order valence-corrected chi connectivity index (χ0v) is 25.8. The van der Waals surface area contributed by atoms with Crippen LogP contribution in [0.4, 0.5) is 4.39 Å². The predicted molar refractivity (Wildman–Crippen MR) is 164 cm³/mol. The lowest BCUT2D eigenvalue weighted by Gasteiger charge is -2.47. The molecule has 3 saturated heterocycles. The van der Waals surface area contributed by atoms with Crippen LogP contribution in [0.15, 0.2) is 42.5 Å². The molecule has 0 unspecified atom stereocenters. The molecule has 3 fully saturated rings. The summed E-state index contributed by atoms with van der Waals surface area (Å²) in [6, 6.07) is 12.2. The molecule has 0 saturated carbocycles. The van der Waals surface area contributed by atoms with Gasteiger partial charge in [-0.05, 0) is 81.5 Å². The van der Waals surface area contributed by atoms with E-state index in [-0.39, 0.29) is 29.7 Å². The van der Waals surface area contributed by atoms with Gasteiger partial charge < -0.3 is 24.3 Å². The maximum absolute atomic E-state index is 14.3. The fraction of sp³-hybridized carbons (Fsp3) is 0.515. The Bertz CT molecular complexity index is 1490. The predicted octanol–water partition coefficient (Wildman–Crippen LogP) is 4.86. The quantitative estimate of drug-likeness (QED) is 0.414. The first-order valence-electron chi connectivity index (χ1n) is 15.2. The Morgan fingerprint density at radius 1 is 1.12 bits per heavy atom. The van der Waals surface area contributed by atoms with Gasteiger partial charge in [-0.3, -0.25) is 14.5 Å². The van der Waals surface area contributed by atoms with Gasteiger partial charge in [-0.1, -0.05) is 23.7 Å². The van der Waals surface area contributed by atoms with Gasteiger partial charge in [0.2, 0.25) is 11.8 Å². The molecule has 3 aliphatic heterocycles. The van der Waals surface area contributed by atoms with Crippen LogP contribution in [0.2, 0.25) is 5.02 Å². The Hall–Kier alpha value is -3.14. The van der Waals surface area contributed by atoms with Gasteiger partial charge in [0.15, 0.2) is 0 Å². The van der Waals surface area contributed by atoms with Crippen LogP contribution < -0.4 is 10.1 Å². The van der Waals surface area contributed by atoms with E-state index in [0.717, 1.165) is 55.6 Å². The van der Waals surface area contributed by atoms with Crippen molar-refractivity contribution in [3.8, 4) is 5.88 Å². The number of methoxy groups -OCH3 is 1. The number of likely N-dealkylation sites (N-methyl/N-ethyl adjacent to an activating group) is 1. The van der Waals surface area contributed by atoms with Crippen molar-refractivity contribution in [2.45, 2.75) is 56.7 Å².